The van der Waals surface area contributed by atoms with E-state index in [0.29, 0.717) is 26.0 Å². The van der Waals surface area contributed by atoms with Gasteiger partial charge in [-0.15, -0.1) is 0 Å². The lowest BCUT2D eigenvalue weighted by atomic mass is 10.1. The molecule has 1 aliphatic heterocycles. The maximum atomic E-state index is 13.0. The largest absolute Gasteiger partial charge is 0.449 e. The summed E-state index contributed by atoms with van der Waals surface area (Å²) in [5.41, 5.74) is 1.24. The number of barbiturate groups is 1. The number of halogens is 2. The second-order valence-corrected chi connectivity index (χ2v) is 9.16. The SMILES string of the molecule is CCc1ccc(N2C(=O)NC(=O)/C(=C\c3cc(Br)c(Sc4ccc(Cl)cc4)o3)C2=O)cc1. The van der Waals surface area contributed by atoms with Gasteiger partial charge in [-0.3, -0.25) is 14.9 Å². The zero-order chi connectivity index (χ0) is 22.8. The van der Waals surface area contributed by atoms with Crippen LogP contribution in [-0.2, 0) is 16.0 Å². The van der Waals surface area contributed by atoms with Gasteiger partial charge in [0.25, 0.3) is 11.8 Å². The molecule has 0 spiro atoms. The van der Waals surface area contributed by atoms with Crippen molar-refractivity contribution in [1.29, 1.82) is 0 Å². The van der Waals surface area contributed by atoms with E-state index in [1.54, 1.807) is 30.3 Å². The number of furan rings is 1. The van der Waals surface area contributed by atoms with Gasteiger partial charge in [0.2, 0.25) is 0 Å². The van der Waals surface area contributed by atoms with Crippen molar-refractivity contribution >= 4 is 68.9 Å². The van der Waals surface area contributed by atoms with Crippen molar-refractivity contribution in [3.05, 3.63) is 81.0 Å². The molecule has 1 fully saturated rings. The maximum Gasteiger partial charge on any atom is 0.335 e. The maximum absolute atomic E-state index is 13.0. The van der Waals surface area contributed by atoms with Crippen LogP contribution in [0.3, 0.4) is 0 Å². The number of anilines is 1. The van der Waals surface area contributed by atoms with Crippen molar-refractivity contribution in [1.82, 2.24) is 5.32 Å². The van der Waals surface area contributed by atoms with Crippen LogP contribution in [0.15, 0.2) is 79.0 Å². The van der Waals surface area contributed by atoms with E-state index in [1.165, 1.54) is 17.8 Å². The molecule has 0 saturated carbocycles. The summed E-state index contributed by atoms with van der Waals surface area (Å²) in [6.45, 7) is 2.01. The van der Waals surface area contributed by atoms with E-state index in [-0.39, 0.29) is 5.57 Å². The number of nitrogens with one attached hydrogen (secondary N) is 1. The molecule has 2 heterocycles. The molecule has 0 bridgehead atoms. The average Bonchev–Trinajstić information content (AvgIpc) is 3.12. The zero-order valence-corrected chi connectivity index (χ0v) is 19.9. The Labute approximate surface area is 201 Å². The molecule has 1 N–H and O–H groups in total. The second kappa shape index (κ2) is 9.36. The standard InChI is InChI=1S/C23H16BrClN2O4S/c1-2-13-3-7-15(8-4-13)27-21(29)18(20(28)26-23(27)30)11-16-12-19(24)22(31-16)32-17-9-5-14(25)6-10-17/h3-12H,2H2,1H3,(H,26,28,30)/b18-11+. The first-order valence-corrected chi connectivity index (χ1v) is 11.6. The summed E-state index contributed by atoms with van der Waals surface area (Å²) >= 11 is 10.7. The molecule has 32 heavy (non-hydrogen) atoms. The number of urea groups is 1. The summed E-state index contributed by atoms with van der Waals surface area (Å²) in [6.07, 6.45) is 2.15. The van der Waals surface area contributed by atoms with Crippen molar-refractivity contribution in [2.75, 3.05) is 4.90 Å². The Kier molecular flexibility index (Phi) is 6.55. The van der Waals surface area contributed by atoms with Crippen LogP contribution in [0.4, 0.5) is 10.5 Å². The van der Waals surface area contributed by atoms with Gasteiger partial charge in [0.15, 0.2) is 5.09 Å². The minimum Gasteiger partial charge on any atom is -0.449 e. The third-order valence-electron chi connectivity index (χ3n) is 4.69. The van der Waals surface area contributed by atoms with Gasteiger partial charge < -0.3 is 4.42 Å². The molecule has 4 amide bonds. The van der Waals surface area contributed by atoms with Crippen LogP contribution in [0.5, 0.6) is 0 Å². The molecule has 4 rings (SSSR count). The van der Waals surface area contributed by atoms with E-state index >= 15 is 0 Å². The minimum atomic E-state index is -0.791. The molecule has 162 valence electrons. The first-order chi connectivity index (χ1) is 15.4. The molecule has 0 unspecified atom stereocenters. The summed E-state index contributed by atoms with van der Waals surface area (Å²) in [5, 5.41) is 3.39. The molecule has 2 aromatic carbocycles. The smallest absolute Gasteiger partial charge is 0.335 e. The number of benzene rings is 2. The van der Waals surface area contributed by atoms with Crippen LogP contribution in [0.1, 0.15) is 18.2 Å². The first kappa shape index (κ1) is 22.4. The Morgan fingerprint density at radius 3 is 2.44 bits per heavy atom. The lowest BCUT2D eigenvalue weighted by Crippen LogP contribution is -2.54. The molecule has 0 radical (unpaired) electrons. The molecule has 3 aromatic rings. The lowest BCUT2D eigenvalue weighted by molar-refractivity contribution is -0.122. The van der Waals surface area contributed by atoms with Crippen LogP contribution in [0.25, 0.3) is 6.08 Å². The summed E-state index contributed by atoms with van der Waals surface area (Å²) in [5.74, 6) is -1.20. The summed E-state index contributed by atoms with van der Waals surface area (Å²) < 4.78 is 6.48. The van der Waals surface area contributed by atoms with E-state index in [0.717, 1.165) is 21.8 Å². The molecule has 0 aliphatic carbocycles. The van der Waals surface area contributed by atoms with E-state index < -0.39 is 17.8 Å². The minimum absolute atomic E-state index is 0.200. The van der Waals surface area contributed by atoms with Crippen molar-refractivity contribution in [2.45, 2.75) is 23.3 Å². The monoisotopic (exact) mass is 530 g/mol. The quantitative estimate of drug-likeness (QED) is 0.319. The molecule has 1 aliphatic rings. The molecule has 1 aromatic heterocycles. The number of aryl methyl sites for hydroxylation is 1. The van der Waals surface area contributed by atoms with Crippen molar-refractivity contribution < 1.29 is 18.8 Å². The third-order valence-corrected chi connectivity index (χ3v) is 6.79. The fraction of sp³-hybridized carbons (Fsp3) is 0.0870. The fourth-order valence-corrected chi connectivity index (χ4v) is 4.49. The highest BCUT2D eigenvalue weighted by Gasteiger charge is 2.37. The van der Waals surface area contributed by atoms with Crippen LogP contribution < -0.4 is 10.2 Å². The Morgan fingerprint density at radius 1 is 1.09 bits per heavy atom. The molecule has 6 nitrogen and oxygen atoms in total. The number of amides is 4. The highest BCUT2D eigenvalue weighted by atomic mass is 79.9. The number of rotatable bonds is 5. The Hall–Kier alpha value is -2.81. The number of carbonyl (C=O) groups excluding carboxylic acids is 3. The van der Waals surface area contributed by atoms with Gasteiger partial charge in [-0.25, -0.2) is 9.69 Å². The summed E-state index contributed by atoms with van der Waals surface area (Å²) in [4.78, 5) is 39.6. The third kappa shape index (κ3) is 4.67. The number of imide groups is 2. The fourth-order valence-electron chi connectivity index (χ4n) is 3.03. The Balaban J connectivity index is 1.62. The predicted molar refractivity (Wildman–Crippen MR) is 127 cm³/mol. The topological polar surface area (TPSA) is 79.6 Å². The van der Waals surface area contributed by atoms with Crippen LogP contribution in [0.2, 0.25) is 5.02 Å². The van der Waals surface area contributed by atoms with Gasteiger partial charge >= 0.3 is 6.03 Å². The van der Waals surface area contributed by atoms with Crippen LogP contribution in [0, 0.1) is 0 Å². The van der Waals surface area contributed by atoms with Crippen molar-refractivity contribution in [3.63, 3.8) is 0 Å². The van der Waals surface area contributed by atoms with Gasteiger partial charge in [-0.1, -0.05) is 42.4 Å². The van der Waals surface area contributed by atoms with Crippen LogP contribution in [-0.4, -0.2) is 17.8 Å². The predicted octanol–water partition coefficient (Wildman–Crippen LogP) is 6.08. The molecular formula is C23H16BrClN2O4S. The van der Waals surface area contributed by atoms with Gasteiger partial charge in [0, 0.05) is 9.92 Å². The van der Waals surface area contributed by atoms with E-state index in [9.17, 15) is 14.4 Å². The van der Waals surface area contributed by atoms with Gasteiger partial charge in [-0.05, 0) is 76.5 Å². The summed E-state index contributed by atoms with van der Waals surface area (Å²) in [7, 11) is 0. The first-order valence-electron chi connectivity index (χ1n) is 9.59. The second-order valence-electron chi connectivity index (χ2n) is 6.82. The highest BCUT2D eigenvalue weighted by molar-refractivity contribution is 9.10. The van der Waals surface area contributed by atoms with Gasteiger partial charge in [0.1, 0.15) is 11.3 Å². The van der Waals surface area contributed by atoms with Gasteiger partial charge in [0.05, 0.1) is 10.2 Å². The molecule has 9 heteroatoms. The number of carbonyl (C=O) groups is 3. The van der Waals surface area contributed by atoms with Gasteiger partial charge in [-0.2, -0.15) is 0 Å². The van der Waals surface area contributed by atoms with Crippen molar-refractivity contribution in [2.24, 2.45) is 0 Å². The number of nitrogens with zero attached hydrogens (tertiary/aromatic N) is 1. The number of hydrogen-bond acceptors (Lipinski definition) is 5. The van der Waals surface area contributed by atoms with E-state index in [2.05, 4.69) is 21.2 Å². The van der Waals surface area contributed by atoms with E-state index in [1.807, 2.05) is 31.2 Å². The van der Waals surface area contributed by atoms with Crippen LogP contribution >= 0.6 is 39.3 Å². The molecule has 1 saturated heterocycles. The summed E-state index contributed by atoms with van der Waals surface area (Å²) in [6, 6.07) is 15.1. The zero-order valence-electron chi connectivity index (χ0n) is 16.7. The lowest BCUT2D eigenvalue weighted by Gasteiger charge is -2.26. The normalized spacial score (nSPS) is 15.4. The Bertz CT molecular complexity index is 1240. The molecular weight excluding hydrogens is 516 g/mol. The van der Waals surface area contributed by atoms with E-state index in [4.69, 9.17) is 16.0 Å². The van der Waals surface area contributed by atoms with Crippen molar-refractivity contribution in [3.8, 4) is 0 Å². The number of hydrogen-bond donors (Lipinski definition) is 1. The highest BCUT2D eigenvalue weighted by Crippen LogP contribution is 2.37. The Morgan fingerprint density at radius 2 is 1.78 bits per heavy atom. The average molecular weight is 532 g/mol. The molecule has 0 atom stereocenters.